The van der Waals surface area contributed by atoms with Crippen LogP contribution in [-0.4, -0.2) is 0 Å². The third kappa shape index (κ3) is 7.29. The van der Waals surface area contributed by atoms with Crippen LogP contribution in [-0.2, 0) is 10.8 Å². The van der Waals surface area contributed by atoms with Gasteiger partial charge in [0.05, 0.1) is 0 Å². The van der Waals surface area contributed by atoms with Crippen LogP contribution in [0.3, 0.4) is 0 Å². The largest absolute Gasteiger partial charge is 0.0802 e. The van der Waals surface area contributed by atoms with Gasteiger partial charge < -0.3 is 0 Å². The van der Waals surface area contributed by atoms with Crippen LogP contribution in [0.15, 0.2) is 119 Å². The van der Waals surface area contributed by atoms with Crippen molar-refractivity contribution < 1.29 is 0 Å². The van der Waals surface area contributed by atoms with E-state index in [1.807, 2.05) is 0 Å². The van der Waals surface area contributed by atoms with Crippen LogP contribution < -0.4 is 0 Å². The highest BCUT2D eigenvalue weighted by Crippen LogP contribution is 2.66. The fraction of sp³-hybridized carbons (Fsp3) is 0.645. The zero-order valence-corrected chi connectivity index (χ0v) is 41.8. The summed E-state index contributed by atoms with van der Waals surface area (Å²) in [5, 5.41) is 0. The summed E-state index contributed by atoms with van der Waals surface area (Å²) in [6, 6.07) is 10.7. The van der Waals surface area contributed by atoms with E-state index in [2.05, 4.69) is 194 Å². The number of rotatable bonds is 6. The van der Waals surface area contributed by atoms with Gasteiger partial charge in [-0.05, 0) is 163 Å². The predicted octanol–water partition coefficient (Wildman–Crippen LogP) is 16.9. The monoisotopic (exact) mass is 831 g/mol. The zero-order valence-electron chi connectivity index (χ0n) is 41.8. The van der Waals surface area contributed by atoms with Gasteiger partial charge in [-0.1, -0.05) is 220 Å². The molecule has 8 aliphatic carbocycles. The maximum Gasteiger partial charge on any atom is -0.000705 e. The highest BCUT2D eigenvalue weighted by Gasteiger charge is 2.60. The molecule has 0 radical (unpaired) electrons. The van der Waals surface area contributed by atoms with Crippen LogP contribution in [0, 0.1) is 92.7 Å². The Hall–Kier alpha value is -2.86. The fourth-order valence-corrected chi connectivity index (χ4v) is 15.5. The van der Waals surface area contributed by atoms with Gasteiger partial charge in [0, 0.05) is 0 Å². The SMILES string of the molecule is CC(C)(C)C1=CC2C(C=C1)C(C(C)(c1cccc(C(C)(C3CCCC3)C3C4C=CC(C(C)(C)C)=CC4[C@@H]4C=C(C(C)(C)C)C=CC34)c1)C1CCCC1)C1C=CC(C(C)(C)C)=C[C@@H]21. The minimum Gasteiger partial charge on any atom is -0.0802 e. The lowest BCUT2D eigenvalue weighted by molar-refractivity contribution is 0.130. The smallest absolute Gasteiger partial charge is 0.000705 e. The van der Waals surface area contributed by atoms with Gasteiger partial charge in [0.1, 0.15) is 0 Å². The van der Waals surface area contributed by atoms with E-state index >= 15 is 0 Å². The first kappa shape index (κ1) is 44.3. The molecule has 4 saturated carbocycles. The van der Waals surface area contributed by atoms with Gasteiger partial charge in [-0.15, -0.1) is 0 Å². The second kappa shape index (κ2) is 15.4. The van der Waals surface area contributed by atoms with Gasteiger partial charge in [-0.3, -0.25) is 0 Å². The molecule has 62 heavy (non-hydrogen) atoms. The van der Waals surface area contributed by atoms with Crippen LogP contribution in [0.1, 0.15) is 159 Å². The molecular formula is C62H86. The Morgan fingerprint density at radius 1 is 0.355 bits per heavy atom. The molecule has 9 rings (SSSR count). The predicted molar refractivity (Wildman–Crippen MR) is 267 cm³/mol. The first-order chi connectivity index (χ1) is 29.0. The summed E-state index contributed by atoms with van der Waals surface area (Å²) in [4.78, 5) is 0. The summed E-state index contributed by atoms with van der Waals surface area (Å²) in [5.41, 5.74) is 10.2. The Balaban J connectivity index is 1.19. The van der Waals surface area contributed by atoms with E-state index in [-0.39, 0.29) is 32.5 Å². The van der Waals surface area contributed by atoms with Gasteiger partial charge >= 0.3 is 0 Å². The molecule has 0 aliphatic heterocycles. The van der Waals surface area contributed by atoms with Crippen molar-refractivity contribution in [2.45, 2.75) is 159 Å². The van der Waals surface area contributed by atoms with Crippen molar-refractivity contribution in [3.05, 3.63) is 131 Å². The number of allylic oxidation sites excluding steroid dienone is 16. The number of benzene rings is 1. The highest BCUT2D eigenvalue weighted by molar-refractivity contribution is 5.46. The van der Waals surface area contributed by atoms with Crippen molar-refractivity contribution in [3.63, 3.8) is 0 Å². The Bertz CT molecular complexity index is 1870. The number of fused-ring (bicyclic) bond motifs is 6. The maximum absolute atomic E-state index is 2.87. The molecule has 0 spiro atoms. The summed E-state index contributed by atoms with van der Waals surface area (Å²) in [6.45, 7) is 34.6. The topological polar surface area (TPSA) is 0 Å². The third-order valence-corrected chi connectivity index (χ3v) is 19.2. The molecule has 10 unspecified atom stereocenters. The normalized spacial score (nSPS) is 35.6. The Labute approximate surface area is 380 Å². The summed E-state index contributed by atoms with van der Waals surface area (Å²) >= 11 is 0. The van der Waals surface area contributed by atoms with E-state index < -0.39 is 0 Å². The molecule has 1 aromatic rings. The summed E-state index contributed by atoms with van der Waals surface area (Å²) in [5.74, 6) is 6.83. The number of hydrogen-bond donors (Lipinski definition) is 0. The van der Waals surface area contributed by atoms with Crippen molar-refractivity contribution in [1.82, 2.24) is 0 Å². The van der Waals surface area contributed by atoms with Crippen LogP contribution in [0.2, 0.25) is 0 Å². The first-order valence-electron chi connectivity index (χ1n) is 25.8. The minimum atomic E-state index is 0.0746. The molecule has 0 aromatic heterocycles. The van der Waals surface area contributed by atoms with Gasteiger partial charge in [-0.2, -0.15) is 0 Å². The second-order valence-corrected chi connectivity index (χ2v) is 26.7. The molecule has 0 N–H and O–H groups in total. The van der Waals surface area contributed by atoms with Crippen LogP contribution >= 0.6 is 0 Å². The molecule has 0 bridgehead atoms. The molecule has 0 heteroatoms. The molecule has 0 saturated heterocycles. The van der Waals surface area contributed by atoms with Crippen molar-refractivity contribution in [3.8, 4) is 0 Å². The molecule has 1 aromatic carbocycles. The highest BCUT2D eigenvalue weighted by atomic mass is 14.6. The van der Waals surface area contributed by atoms with Crippen LogP contribution in [0.4, 0.5) is 0 Å². The maximum atomic E-state index is 2.87. The molecular weight excluding hydrogens is 745 g/mol. The molecule has 0 heterocycles. The quantitative estimate of drug-likeness (QED) is 0.268. The van der Waals surface area contributed by atoms with Crippen molar-refractivity contribution in [2.75, 3.05) is 0 Å². The van der Waals surface area contributed by atoms with Gasteiger partial charge in [0.15, 0.2) is 0 Å². The lowest BCUT2D eigenvalue weighted by atomic mass is 9.54. The summed E-state index contributed by atoms with van der Waals surface area (Å²) in [7, 11) is 0. The first-order valence-corrected chi connectivity index (χ1v) is 25.8. The molecule has 0 nitrogen and oxygen atoms in total. The van der Waals surface area contributed by atoms with Crippen LogP contribution in [0.25, 0.3) is 0 Å². The van der Waals surface area contributed by atoms with Crippen molar-refractivity contribution in [1.29, 1.82) is 0 Å². The molecule has 8 aliphatic rings. The van der Waals surface area contributed by atoms with E-state index in [0.717, 1.165) is 0 Å². The zero-order chi connectivity index (χ0) is 44.4. The molecule has 4 fully saturated rings. The third-order valence-electron chi connectivity index (χ3n) is 19.2. The lowest BCUT2D eigenvalue weighted by Crippen LogP contribution is -2.46. The van der Waals surface area contributed by atoms with Crippen LogP contribution in [0.5, 0.6) is 0 Å². The number of hydrogen-bond acceptors (Lipinski definition) is 0. The molecule has 334 valence electrons. The van der Waals surface area contributed by atoms with E-state index in [0.29, 0.717) is 71.0 Å². The fourth-order valence-electron chi connectivity index (χ4n) is 15.5. The van der Waals surface area contributed by atoms with Gasteiger partial charge in [0.25, 0.3) is 0 Å². The van der Waals surface area contributed by atoms with Gasteiger partial charge in [0.2, 0.25) is 0 Å². The second-order valence-electron chi connectivity index (χ2n) is 26.7. The summed E-state index contributed by atoms with van der Waals surface area (Å²) < 4.78 is 0. The van der Waals surface area contributed by atoms with E-state index in [1.54, 1.807) is 11.1 Å². The molecule has 0 amide bonds. The average molecular weight is 831 g/mol. The standard InChI is InChI=1S/C62H86/c1-57(2,3)41-26-30-47-51(35-41)52-36-42(58(4,5)6)27-31-48(52)55(47)61(13,39-20-15-16-21-39)45-24-19-25-46(34-45)62(14,40-22-17-18-23-40)56-49-32-28-43(59(7,8)9)37-53(49)54-38-44(60(10,11)12)29-33-50(54)56/h19,24-40,47-56H,15-18,20-23H2,1-14H3/t47?,48?,49?,50?,51-,52?,53-,54?,55?,56?,61?,62?/m1/s1. The van der Waals surface area contributed by atoms with E-state index in [4.69, 9.17) is 0 Å². The van der Waals surface area contributed by atoms with Crippen molar-refractivity contribution >= 4 is 0 Å². The average Bonchev–Trinajstić information content (AvgIpc) is 4.04. The van der Waals surface area contributed by atoms with Gasteiger partial charge in [-0.25, -0.2) is 0 Å². The van der Waals surface area contributed by atoms with E-state index in [1.165, 1.54) is 73.7 Å². The Morgan fingerprint density at radius 2 is 0.613 bits per heavy atom. The molecule has 12 atom stereocenters. The Kier molecular flexibility index (Phi) is 11.0. The van der Waals surface area contributed by atoms with E-state index in [9.17, 15) is 0 Å². The summed E-state index contributed by atoms with van der Waals surface area (Å²) in [6.07, 6.45) is 43.2. The minimum absolute atomic E-state index is 0.0746. The van der Waals surface area contributed by atoms with Crippen molar-refractivity contribution in [2.24, 2.45) is 92.7 Å². The lowest BCUT2D eigenvalue weighted by Gasteiger charge is -2.49. The Morgan fingerprint density at radius 3 is 0.855 bits per heavy atom.